The molecule has 0 radical (unpaired) electrons. The Morgan fingerprint density at radius 2 is 1.75 bits per heavy atom. The molecule has 0 heterocycles. The smallest absolute Gasteiger partial charge is 0.0234 e. The van der Waals surface area contributed by atoms with Crippen molar-refractivity contribution in [3.8, 4) is 0 Å². The topological polar surface area (TPSA) is 0 Å². The maximum absolute atomic E-state index is 3.81. The van der Waals surface area contributed by atoms with Gasteiger partial charge in [-0.1, -0.05) is 44.4 Å². The van der Waals surface area contributed by atoms with Crippen LogP contribution in [-0.2, 0) is 0 Å². The quantitative estimate of drug-likeness (QED) is 0.546. The van der Waals surface area contributed by atoms with E-state index in [1.54, 1.807) is 0 Å². The molecule has 0 atom stereocenters. The molecule has 0 aromatic carbocycles. The molecule has 0 unspecified atom stereocenters. The monoisotopic (exact) mass is 164 g/mol. The lowest BCUT2D eigenvalue weighted by atomic mass is 10.1. The van der Waals surface area contributed by atoms with Gasteiger partial charge in [0.2, 0.25) is 0 Å². The Morgan fingerprint density at radius 3 is 2.00 bits per heavy atom. The van der Waals surface area contributed by atoms with Crippen molar-refractivity contribution >= 4 is 0 Å². The van der Waals surface area contributed by atoms with E-state index in [0.717, 1.165) is 11.1 Å². The van der Waals surface area contributed by atoms with Crippen LogP contribution in [0.15, 0.2) is 48.1 Å². The van der Waals surface area contributed by atoms with Gasteiger partial charge in [0.05, 0.1) is 0 Å². The number of rotatable bonds is 3. The van der Waals surface area contributed by atoms with Gasteiger partial charge in [-0.2, -0.15) is 0 Å². The Kier molecular flexibility index (Phi) is 7.51. The number of allylic oxidation sites excluding steroid dienone is 6. The lowest BCUT2D eigenvalue weighted by Gasteiger charge is -2.00. The first-order valence-corrected chi connectivity index (χ1v) is 3.74. The summed E-state index contributed by atoms with van der Waals surface area (Å²) < 4.78 is 0. The highest BCUT2D eigenvalue weighted by Crippen LogP contribution is 2.11. The Bertz CT molecular complexity index is 214. The van der Waals surface area contributed by atoms with Crippen LogP contribution in [0.2, 0.25) is 0 Å². The predicted molar refractivity (Wildman–Crippen MR) is 59.3 cm³/mol. The molecule has 0 fully saturated rings. The summed E-state index contributed by atoms with van der Waals surface area (Å²) in [5, 5.41) is 0. The third-order valence-corrected chi connectivity index (χ3v) is 1.51. The van der Waals surface area contributed by atoms with Crippen molar-refractivity contribution < 1.29 is 0 Å². The van der Waals surface area contributed by atoms with Gasteiger partial charge in [0.15, 0.2) is 0 Å². The fourth-order valence-electron chi connectivity index (χ4n) is 0.766. The van der Waals surface area contributed by atoms with Crippen LogP contribution in [0.5, 0.6) is 0 Å². The van der Waals surface area contributed by atoms with E-state index in [0.29, 0.717) is 0 Å². The van der Waals surface area contributed by atoms with E-state index in [4.69, 9.17) is 0 Å². The van der Waals surface area contributed by atoms with Gasteiger partial charge in [-0.15, -0.1) is 0 Å². The van der Waals surface area contributed by atoms with Gasteiger partial charge >= 0.3 is 0 Å². The molecule has 0 nitrogen and oxygen atoms in total. The van der Waals surface area contributed by atoms with Crippen molar-refractivity contribution in [1.29, 1.82) is 0 Å². The highest BCUT2D eigenvalue weighted by Gasteiger charge is 1.91. The van der Waals surface area contributed by atoms with Crippen LogP contribution in [0.25, 0.3) is 0 Å². The summed E-state index contributed by atoms with van der Waals surface area (Å²) in [5.74, 6) is 0. The van der Waals surface area contributed by atoms with Gasteiger partial charge < -0.3 is 0 Å². The maximum Gasteiger partial charge on any atom is -0.0234 e. The zero-order valence-electron chi connectivity index (χ0n) is 7.65. The zero-order chi connectivity index (χ0) is 8.85. The molecule has 0 aromatic rings. The van der Waals surface area contributed by atoms with Crippen LogP contribution in [0.1, 0.15) is 28.2 Å². The van der Waals surface area contributed by atoms with E-state index >= 15 is 0 Å². The first-order valence-electron chi connectivity index (χ1n) is 3.74. The molecule has 0 amide bonds. The summed E-state index contributed by atoms with van der Waals surface area (Å²) in [6.07, 6.45) is 5.95. The fourth-order valence-corrected chi connectivity index (χ4v) is 0.766. The van der Waals surface area contributed by atoms with Crippen LogP contribution < -0.4 is 0 Å². The molecule has 0 aliphatic rings. The molecule has 0 bridgehead atoms. The Balaban J connectivity index is 0. The van der Waals surface area contributed by atoms with Gasteiger partial charge in [0.25, 0.3) is 0 Å². The van der Waals surface area contributed by atoms with Crippen molar-refractivity contribution in [3.05, 3.63) is 48.1 Å². The van der Waals surface area contributed by atoms with Gasteiger partial charge in [0, 0.05) is 0 Å². The number of hydrogen-bond acceptors (Lipinski definition) is 0. The minimum absolute atomic E-state index is 0. The molecule has 0 N–H and O–H groups in total. The minimum Gasteiger partial charge on any atom is -0.0985 e. The fraction of sp³-hybridized carbons (Fsp3) is 0.333. The second kappa shape index (κ2) is 6.66. The minimum atomic E-state index is 0. The average molecular weight is 164 g/mol. The lowest BCUT2D eigenvalue weighted by molar-refractivity contribution is 1.38. The van der Waals surface area contributed by atoms with Crippen molar-refractivity contribution in [2.75, 3.05) is 0 Å². The molecule has 0 saturated carbocycles. The molecule has 0 heteroatoms. The summed E-state index contributed by atoms with van der Waals surface area (Å²) in [4.78, 5) is 0. The van der Waals surface area contributed by atoms with E-state index in [-0.39, 0.29) is 7.43 Å². The Hall–Kier alpha value is -1.04. The number of hydrogen-bond donors (Lipinski definition) is 0. The predicted octanol–water partition coefficient (Wildman–Crippen LogP) is 4.28. The zero-order valence-corrected chi connectivity index (χ0v) is 7.65. The normalized spacial score (nSPS) is 11.9. The summed E-state index contributed by atoms with van der Waals surface area (Å²) in [6.45, 7) is 13.6. The molecule has 0 aromatic heterocycles. The molecule has 68 valence electrons. The Morgan fingerprint density at radius 1 is 1.25 bits per heavy atom. The summed E-state index contributed by atoms with van der Waals surface area (Å²) in [7, 11) is 0. The van der Waals surface area contributed by atoms with Gasteiger partial charge in [-0.05, 0) is 31.9 Å². The molecule has 0 aliphatic heterocycles. The van der Waals surface area contributed by atoms with Crippen LogP contribution >= 0.6 is 0 Å². The summed E-state index contributed by atoms with van der Waals surface area (Å²) >= 11 is 0. The van der Waals surface area contributed by atoms with E-state index in [2.05, 4.69) is 26.2 Å². The van der Waals surface area contributed by atoms with Crippen LogP contribution in [0.4, 0.5) is 0 Å². The first kappa shape index (κ1) is 13.5. The molecule has 0 saturated heterocycles. The molecule has 0 aliphatic carbocycles. The highest BCUT2D eigenvalue weighted by atomic mass is 14.0. The van der Waals surface area contributed by atoms with Crippen molar-refractivity contribution in [2.45, 2.75) is 28.2 Å². The first-order chi connectivity index (χ1) is 5.11. The van der Waals surface area contributed by atoms with Gasteiger partial charge in [-0.25, -0.2) is 0 Å². The molecule has 0 spiro atoms. The maximum atomic E-state index is 3.81. The van der Waals surface area contributed by atoms with E-state index in [1.807, 2.05) is 26.0 Å². The molecular weight excluding hydrogens is 144 g/mol. The highest BCUT2D eigenvalue weighted by molar-refractivity contribution is 5.41. The second-order valence-electron chi connectivity index (χ2n) is 2.62. The van der Waals surface area contributed by atoms with Crippen LogP contribution in [0, 0.1) is 0 Å². The third kappa shape index (κ3) is 4.73. The Labute approximate surface area is 77.0 Å². The summed E-state index contributed by atoms with van der Waals surface area (Å²) in [6, 6.07) is 0. The molecule has 12 heavy (non-hydrogen) atoms. The van der Waals surface area contributed by atoms with E-state index in [9.17, 15) is 0 Å². The van der Waals surface area contributed by atoms with Crippen molar-refractivity contribution in [1.82, 2.24) is 0 Å². The van der Waals surface area contributed by atoms with Crippen LogP contribution in [0.3, 0.4) is 0 Å². The van der Waals surface area contributed by atoms with Crippen LogP contribution in [-0.4, -0.2) is 0 Å². The largest absolute Gasteiger partial charge is 0.0985 e. The molecule has 0 rings (SSSR count). The standard InChI is InChI=1S/C11H16.CH4/c1-6-10(5)11(7-2)8-9(3)4;/h6-8H,2-3H2,1,4-5H3;1H4/b10-6-,11-8-;. The third-order valence-electron chi connectivity index (χ3n) is 1.51. The van der Waals surface area contributed by atoms with Crippen molar-refractivity contribution in [2.24, 2.45) is 0 Å². The van der Waals surface area contributed by atoms with Gasteiger partial charge in [-0.3, -0.25) is 0 Å². The van der Waals surface area contributed by atoms with E-state index < -0.39 is 0 Å². The van der Waals surface area contributed by atoms with Crippen molar-refractivity contribution in [3.63, 3.8) is 0 Å². The van der Waals surface area contributed by atoms with E-state index in [1.165, 1.54) is 5.57 Å². The lowest BCUT2D eigenvalue weighted by Crippen LogP contribution is -1.80. The SMILES string of the molecule is C.C=CC(=C/C(=C)C)/C(C)=C\C. The molecular formula is C12H20. The second-order valence-corrected chi connectivity index (χ2v) is 2.62. The average Bonchev–Trinajstić information content (AvgIpc) is 1.98. The summed E-state index contributed by atoms with van der Waals surface area (Å²) in [5.41, 5.74) is 3.45. The van der Waals surface area contributed by atoms with Gasteiger partial charge in [0.1, 0.15) is 0 Å².